The predicted octanol–water partition coefficient (Wildman–Crippen LogP) is 3.62. The van der Waals surface area contributed by atoms with Crippen LogP contribution in [0.3, 0.4) is 0 Å². The van der Waals surface area contributed by atoms with E-state index in [1.807, 2.05) is 25.1 Å². The number of nitrogens with two attached hydrogens (primary N) is 2. The van der Waals surface area contributed by atoms with Crippen LogP contribution in [0.2, 0.25) is 5.02 Å². The number of pyridine rings is 1. The number of aryl methyl sites for hydroxylation is 1. The first kappa shape index (κ1) is 11.9. The Labute approximate surface area is 115 Å². The molecule has 96 valence electrons. The fourth-order valence-corrected chi connectivity index (χ4v) is 2.19. The van der Waals surface area contributed by atoms with Gasteiger partial charge in [-0.2, -0.15) is 0 Å². The molecule has 3 rings (SSSR count). The maximum absolute atomic E-state index is 6.14. The minimum atomic E-state index is 0.211. The molecule has 0 aliphatic rings. The molecule has 0 fully saturated rings. The first-order valence-electron chi connectivity index (χ1n) is 5.77. The molecule has 0 aliphatic heterocycles. The summed E-state index contributed by atoms with van der Waals surface area (Å²) in [4.78, 5) is 4.34. The molecule has 1 aromatic carbocycles. The molecule has 2 aromatic heterocycles. The second-order valence-corrected chi connectivity index (χ2v) is 4.79. The second kappa shape index (κ2) is 4.17. The minimum Gasteiger partial charge on any atom is -0.436 e. The number of halogens is 1. The zero-order valence-electron chi connectivity index (χ0n) is 10.3. The highest BCUT2D eigenvalue weighted by atomic mass is 35.5. The zero-order chi connectivity index (χ0) is 13.6. The van der Waals surface area contributed by atoms with Gasteiger partial charge in [0.25, 0.3) is 0 Å². The van der Waals surface area contributed by atoms with Gasteiger partial charge >= 0.3 is 0 Å². The van der Waals surface area contributed by atoms with Gasteiger partial charge in [0.15, 0.2) is 5.58 Å². The van der Waals surface area contributed by atoms with E-state index >= 15 is 0 Å². The molecular weight excluding hydrogens is 262 g/mol. The number of aromatic nitrogens is 1. The van der Waals surface area contributed by atoms with E-state index in [9.17, 15) is 0 Å². The molecule has 4 nitrogen and oxygen atoms in total. The lowest BCUT2D eigenvalue weighted by atomic mass is 10.1. The molecule has 0 radical (unpaired) electrons. The van der Waals surface area contributed by atoms with Crippen LogP contribution in [0.15, 0.2) is 34.9 Å². The van der Waals surface area contributed by atoms with Crippen molar-refractivity contribution < 1.29 is 4.42 Å². The smallest absolute Gasteiger partial charge is 0.214 e. The van der Waals surface area contributed by atoms with Gasteiger partial charge in [0.1, 0.15) is 11.4 Å². The van der Waals surface area contributed by atoms with Crippen molar-refractivity contribution >= 4 is 34.1 Å². The van der Waals surface area contributed by atoms with E-state index in [4.69, 9.17) is 27.5 Å². The van der Waals surface area contributed by atoms with E-state index in [1.165, 1.54) is 0 Å². The Morgan fingerprint density at radius 1 is 1.21 bits per heavy atom. The zero-order valence-corrected chi connectivity index (χ0v) is 11.0. The molecule has 0 aliphatic carbocycles. The summed E-state index contributed by atoms with van der Waals surface area (Å²) in [7, 11) is 0. The highest BCUT2D eigenvalue weighted by molar-refractivity contribution is 6.31. The normalized spacial score (nSPS) is 11.1. The fraction of sp³-hybridized carbons (Fsp3) is 0.0714. The Morgan fingerprint density at radius 3 is 2.74 bits per heavy atom. The average Bonchev–Trinajstić information content (AvgIpc) is 2.69. The first-order chi connectivity index (χ1) is 9.08. The number of benzene rings is 1. The number of fused-ring (bicyclic) bond motifs is 1. The van der Waals surface area contributed by atoms with Gasteiger partial charge in [-0.05, 0) is 24.6 Å². The molecule has 3 aromatic rings. The summed E-state index contributed by atoms with van der Waals surface area (Å²) in [6, 6.07) is 7.52. The van der Waals surface area contributed by atoms with E-state index < -0.39 is 0 Å². The molecule has 0 bridgehead atoms. The van der Waals surface area contributed by atoms with Crippen molar-refractivity contribution in [1.82, 2.24) is 4.98 Å². The van der Waals surface area contributed by atoms with Crippen molar-refractivity contribution in [2.75, 3.05) is 11.5 Å². The van der Waals surface area contributed by atoms with Gasteiger partial charge in [0, 0.05) is 22.2 Å². The Kier molecular flexibility index (Phi) is 2.61. The lowest BCUT2D eigenvalue weighted by Crippen LogP contribution is -1.89. The van der Waals surface area contributed by atoms with Crippen LogP contribution in [0, 0.1) is 6.92 Å². The summed E-state index contributed by atoms with van der Waals surface area (Å²) < 4.78 is 5.50. The first-order valence-corrected chi connectivity index (χ1v) is 6.14. The third kappa shape index (κ3) is 1.81. The number of hydrogen-bond donors (Lipinski definition) is 2. The Morgan fingerprint density at radius 2 is 2.00 bits per heavy atom. The van der Waals surface area contributed by atoms with Crippen LogP contribution in [0.1, 0.15) is 5.56 Å². The molecule has 0 saturated heterocycles. The van der Waals surface area contributed by atoms with Gasteiger partial charge in [-0.1, -0.05) is 23.7 Å². The summed E-state index contributed by atoms with van der Waals surface area (Å²) in [6.07, 6.45) is 1.68. The van der Waals surface area contributed by atoms with Crippen LogP contribution in [0.25, 0.3) is 22.2 Å². The van der Waals surface area contributed by atoms with Crippen LogP contribution in [-0.4, -0.2) is 4.98 Å². The topological polar surface area (TPSA) is 78.1 Å². The Hall–Kier alpha value is -2.20. The Balaban J connectivity index is 2.30. The van der Waals surface area contributed by atoms with Gasteiger partial charge in [0.2, 0.25) is 5.88 Å². The van der Waals surface area contributed by atoms with Crippen molar-refractivity contribution in [1.29, 1.82) is 0 Å². The van der Waals surface area contributed by atoms with Crippen molar-refractivity contribution in [3.05, 3.63) is 41.0 Å². The number of nitrogen functional groups attached to an aromatic ring is 2. The molecule has 0 unspecified atom stereocenters. The third-order valence-electron chi connectivity index (χ3n) is 3.12. The molecule has 0 spiro atoms. The van der Waals surface area contributed by atoms with E-state index in [0.717, 1.165) is 16.5 Å². The van der Waals surface area contributed by atoms with E-state index in [2.05, 4.69) is 4.98 Å². The number of rotatable bonds is 1. The van der Waals surface area contributed by atoms with Crippen LogP contribution >= 0.6 is 11.6 Å². The molecule has 19 heavy (non-hydrogen) atoms. The maximum atomic E-state index is 6.14. The van der Waals surface area contributed by atoms with Crippen LogP contribution in [0.4, 0.5) is 11.6 Å². The van der Waals surface area contributed by atoms with Crippen molar-refractivity contribution in [2.24, 2.45) is 0 Å². The fourth-order valence-electron chi connectivity index (χ4n) is 2.01. The predicted molar refractivity (Wildman–Crippen MR) is 78.0 cm³/mol. The van der Waals surface area contributed by atoms with Gasteiger partial charge < -0.3 is 15.9 Å². The Bertz CT molecular complexity index is 780. The van der Waals surface area contributed by atoms with Crippen molar-refractivity contribution in [2.45, 2.75) is 6.92 Å². The summed E-state index contributed by atoms with van der Waals surface area (Å²) in [5.74, 6) is 0.211. The van der Waals surface area contributed by atoms with Gasteiger partial charge in [-0.3, -0.25) is 4.98 Å². The minimum absolute atomic E-state index is 0.211. The quantitative estimate of drug-likeness (QED) is 0.710. The van der Waals surface area contributed by atoms with Crippen LogP contribution in [0.5, 0.6) is 0 Å². The number of nitrogens with zero attached hydrogens (tertiary/aromatic N) is 1. The summed E-state index contributed by atoms with van der Waals surface area (Å²) in [6.45, 7) is 1.95. The monoisotopic (exact) mass is 273 g/mol. The lowest BCUT2D eigenvalue weighted by molar-refractivity contribution is 0.638. The molecule has 5 heteroatoms. The molecule has 0 atom stereocenters. The SMILES string of the molecule is Cc1ccc(-c2nccc3c(N)c(N)oc23)cc1Cl. The van der Waals surface area contributed by atoms with E-state index in [1.54, 1.807) is 12.3 Å². The summed E-state index contributed by atoms with van der Waals surface area (Å²) >= 11 is 6.14. The number of anilines is 2. The van der Waals surface area contributed by atoms with Crippen molar-refractivity contribution in [3.8, 4) is 11.3 Å². The van der Waals surface area contributed by atoms with E-state index in [0.29, 0.717) is 22.0 Å². The molecule has 2 heterocycles. The standard InChI is InChI=1S/C14H12ClN3O/c1-7-2-3-8(6-10(7)15)12-13-9(4-5-18-12)11(16)14(17)19-13/h2-6H,16-17H2,1H3. The molecule has 0 amide bonds. The number of hydrogen-bond acceptors (Lipinski definition) is 4. The molecule has 4 N–H and O–H groups in total. The van der Waals surface area contributed by atoms with Crippen molar-refractivity contribution in [3.63, 3.8) is 0 Å². The van der Waals surface area contributed by atoms with Gasteiger partial charge in [0.05, 0.1) is 0 Å². The molecule has 0 saturated carbocycles. The third-order valence-corrected chi connectivity index (χ3v) is 3.52. The highest BCUT2D eigenvalue weighted by Crippen LogP contribution is 2.36. The maximum Gasteiger partial charge on any atom is 0.214 e. The second-order valence-electron chi connectivity index (χ2n) is 4.38. The van der Waals surface area contributed by atoms with Crippen LogP contribution in [-0.2, 0) is 0 Å². The molecular formula is C14H12ClN3O. The summed E-state index contributed by atoms with van der Waals surface area (Å²) in [5.41, 5.74) is 15.2. The largest absolute Gasteiger partial charge is 0.436 e. The van der Waals surface area contributed by atoms with Crippen LogP contribution < -0.4 is 11.5 Å². The highest BCUT2D eigenvalue weighted by Gasteiger charge is 2.14. The van der Waals surface area contributed by atoms with E-state index in [-0.39, 0.29) is 5.88 Å². The summed E-state index contributed by atoms with van der Waals surface area (Å²) in [5, 5.41) is 1.45. The van der Waals surface area contributed by atoms with Gasteiger partial charge in [-0.15, -0.1) is 0 Å². The average molecular weight is 274 g/mol. The van der Waals surface area contributed by atoms with Gasteiger partial charge in [-0.25, -0.2) is 0 Å². The number of furan rings is 1. The lowest BCUT2D eigenvalue weighted by Gasteiger charge is -2.04.